The lowest BCUT2D eigenvalue weighted by Crippen LogP contribution is -2.39. The summed E-state index contributed by atoms with van der Waals surface area (Å²) < 4.78 is 0. The highest BCUT2D eigenvalue weighted by Gasteiger charge is 2.27. The van der Waals surface area contributed by atoms with Crippen LogP contribution in [0.15, 0.2) is 157 Å². The van der Waals surface area contributed by atoms with Crippen LogP contribution >= 0.6 is 11.8 Å². The number of rotatable bonds is 4. The SMILES string of the molecule is C1=C(c2ccccc2)NC(c2ccc3c(ccc4ccc5c(c43)NC(c3ccccc3)S5)c2)NC1c1ccc2ccccc2c1. The van der Waals surface area contributed by atoms with E-state index >= 15 is 0 Å². The Bertz CT molecular complexity index is 2240. The summed E-state index contributed by atoms with van der Waals surface area (Å²) in [6.45, 7) is 0. The first-order valence-electron chi connectivity index (χ1n) is 15.5. The zero-order valence-corrected chi connectivity index (χ0v) is 25.4. The average Bonchev–Trinajstić information content (AvgIpc) is 3.56. The van der Waals surface area contributed by atoms with Gasteiger partial charge in [0.15, 0.2) is 0 Å². The molecule has 0 amide bonds. The van der Waals surface area contributed by atoms with E-state index in [1.165, 1.54) is 65.2 Å². The topological polar surface area (TPSA) is 36.1 Å². The molecular formula is C41H31N3S. The maximum Gasteiger partial charge on any atom is 0.104 e. The standard InChI is InChI=1S/C41H31N3S/c1-3-10-27(11-4-1)35-25-36(32-18-15-26-9-7-8-14-30(26)23-32)43-40(42-35)33-19-21-34-31(24-33)17-16-28-20-22-37-39(38(28)34)44-41(45-37)29-12-5-2-6-13-29/h1-25,36,40-44H. The molecule has 2 aliphatic rings. The van der Waals surface area contributed by atoms with Crippen LogP contribution in [0.5, 0.6) is 0 Å². The monoisotopic (exact) mass is 597 g/mol. The summed E-state index contributed by atoms with van der Waals surface area (Å²) in [6, 6.07) is 52.8. The Kier molecular flexibility index (Phi) is 6.36. The van der Waals surface area contributed by atoms with E-state index in [1.807, 2.05) is 11.8 Å². The largest absolute Gasteiger partial charge is 0.368 e. The van der Waals surface area contributed by atoms with E-state index in [2.05, 4.69) is 168 Å². The van der Waals surface area contributed by atoms with Crippen LogP contribution < -0.4 is 16.0 Å². The molecule has 2 heterocycles. The van der Waals surface area contributed by atoms with Gasteiger partial charge >= 0.3 is 0 Å². The zero-order chi connectivity index (χ0) is 29.7. The van der Waals surface area contributed by atoms with Gasteiger partial charge in [0.2, 0.25) is 0 Å². The first kappa shape index (κ1) is 26.4. The third-order valence-electron chi connectivity index (χ3n) is 9.14. The second-order valence-corrected chi connectivity index (χ2v) is 13.1. The summed E-state index contributed by atoms with van der Waals surface area (Å²) in [6.07, 6.45) is 2.26. The van der Waals surface area contributed by atoms with Gasteiger partial charge in [-0.15, -0.1) is 0 Å². The van der Waals surface area contributed by atoms with Crippen molar-refractivity contribution in [3.63, 3.8) is 0 Å². The number of nitrogens with one attached hydrogen (secondary N) is 3. The third-order valence-corrected chi connectivity index (χ3v) is 10.4. The number of hydrogen-bond donors (Lipinski definition) is 3. The Morgan fingerprint density at radius 1 is 0.511 bits per heavy atom. The fourth-order valence-corrected chi connectivity index (χ4v) is 8.00. The molecule has 2 aliphatic heterocycles. The van der Waals surface area contributed by atoms with E-state index in [9.17, 15) is 0 Å². The van der Waals surface area contributed by atoms with E-state index in [-0.39, 0.29) is 17.6 Å². The van der Waals surface area contributed by atoms with Crippen molar-refractivity contribution in [3.8, 4) is 0 Å². The van der Waals surface area contributed by atoms with Gasteiger partial charge < -0.3 is 10.6 Å². The summed E-state index contributed by atoms with van der Waals surface area (Å²) in [7, 11) is 0. The normalized spacial score (nSPS) is 19.2. The number of fused-ring (bicyclic) bond motifs is 6. The molecule has 0 bridgehead atoms. The molecule has 0 aliphatic carbocycles. The second-order valence-electron chi connectivity index (χ2n) is 11.9. The molecular weight excluding hydrogens is 567 g/mol. The molecule has 7 aromatic carbocycles. The van der Waals surface area contributed by atoms with Crippen LogP contribution in [0.3, 0.4) is 0 Å². The highest BCUT2D eigenvalue weighted by Crippen LogP contribution is 2.50. The highest BCUT2D eigenvalue weighted by molar-refractivity contribution is 8.00. The van der Waals surface area contributed by atoms with Gasteiger partial charge in [-0.3, -0.25) is 5.32 Å². The highest BCUT2D eigenvalue weighted by atomic mass is 32.2. The Morgan fingerprint density at radius 3 is 2.07 bits per heavy atom. The molecule has 45 heavy (non-hydrogen) atoms. The lowest BCUT2D eigenvalue weighted by molar-refractivity contribution is 0.443. The van der Waals surface area contributed by atoms with Gasteiger partial charge in [0.05, 0.1) is 11.7 Å². The molecule has 3 N–H and O–H groups in total. The van der Waals surface area contributed by atoms with Crippen molar-refractivity contribution in [3.05, 3.63) is 174 Å². The van der Waals surface area contributed by atoms with Gasteiger partial charge in [-0.2, -0.15) is 0 Å². The van der Waals surface area contributed by atoms with Gasteiger partial charge in [-0.25, -0.2) is 0 Å². The van der Waals surface area contributed by atoms with E-state index < -0.39 is 0 Å². The predicted octanol–water partition coefficient (Wildman–Crippen LogP) is 10.3. The Balaban J connectivity index is 1.11. The quantitative estimate of drug-likeness (QED) is 0.176. The number of hydrogen-bond acceptors (Lipinski definition) is 4. The molecule has 0 radical (unpaired) electrons. The number of thioether (sulfide) groups is 1. The Labute approximate surface area is 267 Å². The van der Waals surface area contributed by atoms with Crippen molar-refractivity contribution in [2.75, 3.05) is 5.32 Å². The lowest BCUT2D eigenvalue weighted by Gasteiger charge is -2.33. The van der Waals surface area contributed by atoms with Crippen LogP contribution in [-0.2, 0) is 0 Å². The fraction of sp³-hybridized carbons (Fsp3) is 0.0732. The van der Waals surface area contributed by atoms with E-state index in [0.717, 1.165) is 5.70 Å². The maximum absolute atomic E-state index is 3.91. The number of benzene rings is 7. The van der Waals surface area contributed by atoms with Crippen molar-refractivity contribution >= 4 is 55.5 Å². The first-order valence-corrected chi connectivity index (χ1v) is 16.4. The minimum atomic E-state index is -0.0561. The van der Waals surface area contributed by atoms with Gasteiger partial charge in [-0.1, -0.05) is 139 Å². The molecule has 4 heteroatoms. The van der Waals surface area contributed by atoms with Gasteiger partial charge in [-0.05, 0) is 73.5 Å². The van der Waals surface area contributed by atoms with E-state index in [1.54, 1.807) is 0 Å². The predicted molar refractivity (Wildman–Crippen MR) is 190 cm³/mol. The molecule has 0 saturated carbocycles. The molecule has 0 saturated heterocycles. The molecule has 216 valence electrons. The zero-order valence-electron chi connectivity index (χ0n) is 24.6. The van der Waals surface area contributed by atoms with Gasteiger partial charge in [0.1, 0.15) is 11.5 Å². The Morgan fingerprint density at radius 2 is 1.20 bits per heavy atom. The van der Waals surface area contributed by atoms with Crippen molar-refractivity contribution in [2.45, 2.75) is 22.5 Å². The summed E-state index contributed by atoms with van der Waals surface area (Å²) in [4.78, 5) is 1.31. The van der Waals surface area contributed by atoms with Gasteiger partial charge in [0.25, 0.3) is 0 Å². The molecule has 7 aromatic rings. The van der Waals surface area contributed by atoms with Crippen molar-refractivity contribution < 1.29 is 0 Å². The van der Waals surface area contributed by atoms with Gasteiger partial charge in [0, 0.05) is 16.0 Å². The minimum Gasteiger partial charge on any atom is -0.368 e. The van der Waals surface area contributed by atoms with Crippen molar-refractivity contribution in [1.82, 2.24) is 10.6 Å². The van der Waals surface area contributed by atoms with Crippen molar-refractivity contribution in [1.29, 1.82) is 0 Å². The van der Waals surface area contributed by atoms with Crippen LogP contribution in [0.25, 0.3) is 38.0 Å². The van der Waals surface area contributed by atoms with Crippen LogP contribution in [0.1, 0.15) is 39.8 Å². The summed E-state index contributed by atoms with van der Waals surface area (Å²) in [5.74, 6) is 0. The Hall–Kier alpha value is -5.03. The van der Waals surface area contributed by atoms with Crippen LogP contribution in [0.2, 0.25) is 0 Å². The van der Waals surface area contributed by atoms with Crippen LogP contribution in [0.4, 0.5) is 5.69 Å². The number of anilines is 1. The minimum absolute atomic E-state index is 0.0561. The smallest absolute Gasteiger partial charge is 0.104 e. The molecule has 0 fully saturated rings. The second kappa shape index (κ2) is 10.8. The van der Waals surface area contributed by atoms with Crippen molar-refractivity contribution in [2.24, 2.45) is 0 Å². The molecule has 0 aromatic heterocycles. The summed E-state index contributed by atoms with van der Waals surface area (Å²) in [5.41, 5.74) is 7.34. The molecule has 9 rings (SSSR count). The van der Waals surface area contributed by atoms with E-state index in [0.29, 0.717) is 0 Å². The molecule has 3 atom stereocenters. The fourth-order valence-electron chi connectivity index (χ4n) is 6.85. The molecule has 3 unspecified atom stereocenters. The average molecular weight is 598 g/mol. The summed E-state index contributed by atoms with van der Waals surface area (Å²) >= 11 is 1.90. The summed E-state index contributed by atoms with van der Waals surface area (Å²) in [5, 5.41) is 19.4. The van der Waals surface area contributed by atoms with Crippen LogP contribution in [-0.4, -0.2) is 0 Å². The lowest BCUT2D eigenvalue weighted by atomic mass is 9.95. The van der Waals surface area contributed by atoms with E-state index in [4.69, 9.17) is 0 Å². The molecule has 3 nitrogen and oxygen atoms in total. The third kappa shape index (κ3) is 4.74. The maximum atomic E-state index is 3.91. The van der Waals surface area contributed by atoms with Crippen LogP contribution in [0, 0.1) is 0 Å². The first-order chi connectivity index (χ1) is 22.3. The molecule has 0 spiro atoms.